The third-order valence-corrected chi connectivity index (χ3v) is 3.29. The van der Waals surface area contributed by atoms with Gasteiger partial charge in [-0.3, -0.25) is 4.79 Å². The van der Waals surface area contributed by atoms with Crippen molar-refractivity contribution in [3.8, 4) is 0 Å². The zero-order chi connectivity index (χ0) is 15.4. The van der Waals surface area contributed by atoms with Gasteiger partial charge in [0.2, 0.25) is 0 Å². The molecular weight excluding hydrogens is 273 g/mol. The Morgan fingerprint density at radius 1 is 1.38 bits per heavy atom. The monoisotopic (exact) mass is 291 g/mol. The van der Waals surface area contributed by atoms with Gasteiger partial charge in [-0.05, 0) is 38.0 Å². The van der Waals surface area contributed by atoms with Crippen molar-refractivity contribution in [2.45, 2.75) is 32.7 Å². The van der Waals surface area contributed by atoms with Gasteiger partial charge in [0.05, 0.1) is 5.92 Å². The predicted octanol–water partition coefficient (Wildman–Crippen LogP) is 2.48. The molecule has 1 N–H and O–H groups in total. The summed E-state index contributed by atoms with van der Waals surface area (Å²) in [7, 11) is 0. The highest BCUT2D eigenvalue weighted by atomic mass is 19.1. The minimum Gasteiger partial charge on any atom is -0.481 e. The van der Waals surface area contributed by atoms with Crippen LogP contribution in [0.4, 0.5) is 4.39 Å². The van der Waals surface area contributed by atoms with E-state index in [1.807, 2.05) is 13.8 Å². The predicted molar refractivity (Wildman–Crippen MR) is 75.3 cm³/mol. The number of halogens is 1. The van der Waals surface area contributed by atoms with E-state index in [0.29, 0.717) is 11.4 Å². The van der Waals surface area contributed by atoms with Gasteiger partial charge in [0.15, 0.2) is 0 Å². The number of aliphatic carboxylic acids is 1. The van der Waals surface area contributed by atoms with Crippen LogP contribution < -0.4 is 0 Å². The normalized spacial score (nSPS) is 12.6. The van der Waals surface area contributed by atoms with Crippen molar-refractivity contribution in [2.24, 2.45) is 5.92 Å². The molecular formula is C15H18FN3O2. The van der Waals surface area contributed by atoms with Gasteiger partial charge in [-0.2, -0.15) is 5.10 Å². The van der Waals surface area contributed by atoms with E-state index in [0.717, 1.165) is 0 Å². The Hall–Kier alpha value is -2.24. The van der Waals surface area contributed by atoms with Gasteiger partial charge >= 0.3 is 5.97 Å². The molecule has 0 fully saturated rings. The second-order valence-electron chi connectivity index (χ2n) is 5.29. The van der Waals surface area contributed by atoms with Gasteiger partial charge < -0.3 is 5.11 Å². The zero-order valence-corrected chi connectivity index (χ0v) is 12.0. The maximum absolute atomic E-state index is 13.2. The van der Waals surface area contributed by atoms with Gasteiger partial charge in [-0.25, -0.2) is 14.1 Å². The van der Waals surface area contributed by atoms with Crippen LogP contribution in [0.1, 0.15) is 31.3 Å². The fourth-order valence-corrected chi connectivity index (χ4v) is 2.27. The van der Waals surface area contributed by atoms with Crippen molar-refractivity contribution < 1.29 is 14.3 Å². The summed E-state index contributed by atoms with van der Waals surface area (Å²) < 4.78 is 14.9. The molecule has 0 amide bonds. The van der Waals surface area contributed by atoms with Crippen molar-refractivity contribution in [2.75, 3.05) is 0 Å². The van der Waals surface area contributed by atoms with E-state index in [9.17, 15) is 14.3 Å². The Balaban J connectivity index is 2.16. The minimum absolute atomic E-state index is 0.117. The fourth-order valence-electron chi connectivity index (χ4n) is 2.27. The Morgan fingerprint density at radius 3 is 2.76 bits per heavy atom. The van der Waals surface area contributed by atoms with Crippen LogP contribution in [0.25, 0.3) is 0 Å². The largest absolute Gasteiger partial charge is 0.481 e. The maximum Gasteiger partial charge on any atom is 0.307 e. The van der Waals surface area contributed by atoms with E-state index in [1.165, 1.54) is 18.5 Å². The lowest BCUT2D eigenvalue weighted by molar-refractivity contribution is -0.141. The van der Waals surface area contributed by atoms with Crippen molar-refractivity contribution in [1.82, 2.24) is 14.8 Å². The number of carbonyl (C=O) groups is 1. The molecule has 1 aromatic heterocycles. The van der Waals surface area contributed by atoms with Crippen LogP contribution in [-0.2, 0) is 17.6 Å². The first kappa shape index (κ1) is 15.2. The van der Waals surface area contributed by atoms with Crippen LogP contribution in [0.15, 0.2) is 30.6 Å². The molecule has 0 aliphatic rings. The molecule has 0 radical (unpaired) electrons. The number of nitrogens with zero attached hydrogens (tertiary/aromatic N) is 3. The third kappa shape index (κ3) is 3.87. The Labute approximate surface area is 122 Å². The van der Waals surface area contributed by atoms with Crippen molar-refractivity contribution in [3.63, 3.8) is 0 Å². The van der Waals surface area contributed by atoms with Gasteiger partial charge in [0, 0.05) is 12.5 Å². The van der Waals surface area contributed by atoms with Crippen molar-refractivity contribution in [1.29, 1.82) is 0 Å². The Kier molecular flexibility index (Phi) is 4.67. The molecule has 0 aliphatic carbocycles. The molecule has 1 unspecified atom stereocenters. The quantitative estimate of drug-likeness (QED) is 0.887. The first-order chi connectivity index (χ1) is 9.97. The van der Waals surface area contributed by atoms with Crippen molar-refractivity contribution in [3.05, 3.63) is 47.8 Å². The average molecular weight is 291 g/mol. The van der Waals surface area contributed by atoms with Crippen LogP contribution in [0.3, 0.4) is 0 Å². The van der Waals surface area contributed by atoms with Gasteiger partial charge in [-0.15, -0.1) is 0 Å². The standard InChI is InChI=1S/C15H18FN3O2/c1-10(2)19-14(17-9-18-19)8-12(15(20)21)6-11-4-3-5-13(16)7-11/h3-5,7,9-10,12H,6,8H2,1-2H3,(H,20,21). The van der Waals surface area contributed by atoms with E-state index in [-0.39, 0.29) is 24.7 Å². The van der Waals surface area contributed by atoms with E-state index in [4.69, 9.17) is 0 Å². The van der Waals surface area contributed by atoms with Crippen LogP contribution in [0, 0.1) is 11.7 Å². The molecule has 0 bridgehead atoms. The minimum atomic E-state index is -0.919. The van der Waals surface area contributed by atoms with E-state index >= 15 is 0 Å². The summed E-state index contributed by atoms with van der Waals surface area (Å²) in [5.74, 6) is -1.30. The summed E-state index contributed by atoms with van der Waals surface area (Å²) in [5.41, 5.74) is 0.665. The smallest absolute Gasteiger partial charge is 0.307 e. The summed E-state index contributed by atoms with van der Waals surface area (Å²) in [4.78, 5) is 15.6. The molecule has 112 valence electrons. The number of hydrogen-bond donors (Lipinski definition) is 1. The first-order valence-corrected chi connectivity index (χ1v) is 6.83. The molecule has 6 heteroatoms. The summed E-state index contributed by atoms with van der Waals surface area (Å²) in [6.07, 6.45) is 1.96. The lowest BCUT2D eigenvalue weighted by Gasteiger charge is -2.14. The molecule has 1 heterocycles. The molecule has 1 atom stereocenters. The molecule has 0 aliphatic heterocycles. The Morgan fingerprint density at radius 2 is 2.14 bits per heavy atom. The fraction of sp³-hybridized carbons (Fsp3) is 0.400. The zero-order valence-electron chi connectivity index (χ0n) is 12.0. The number of rotatable bonds is 6. The topological polar surface area (TPSA) is 68.0 Å². The number of benzene rings is 1. The molecule has 1 aromatic carbocycles. The lowest BCUT2D eigenvalue weighted by Crippen LogP contribution is -2.22. The maximum atomic E-state index is 13.2. The van der Waals surface area contributed by atoms with Crippen LogP contribution in [0.5, 0.6) is 0 Å². The number of hydrogen-bond acceptors (Lipinski definition) is 3. The van der Waals surface area contributed by atoms with Gasteiger partial charge in [-0.1, -0.05) is 12.1 Å². The second kappa shape index (κ2) is 6.47. The first-order valence-electron chi connectivity index (χ1n) is 6.83. The van der Waals surface area contributed by atoms with Gasteiger partial charge in [0.1, 0.15) is 18.0 Å². The SMILES string of the molecule is CC(C)n1ncnc1CC(Cc1cccc(F)c1)C(=O)O. The molecule has 5 nitrogen and oxygen atoms in total. The van der Waals surface area contributed by atoms with E-state index in [2.05, 4.69) is 10.1 Å². The Bertz CT molecular complexity index is 625. The van der Waals surface area contributed by atoms with Crippen molar-refractivity contribution >= 4 is 5.97 Å². The highest BCUT2D eigenvalue weighted by molar-refractivity contribution is 5.70. The molecule has 0 saturated heterocycles. The van der Waals surface area contributed by atoms with Crippen LogP contribution >= 0.6 is 0 Å². The second-order valence-corrected chi connectivity index (χ2v) is 5.29. The molecule has 2 rings (SSSR count). The number of carboxylic acid groups (broad SMARTS) is 1. The van der Waals surface area contributed by atoms with Crippen LogP contribution in [-0.4, -0.2) is 25.8 Å². The highest BCUT2D eigenvalue weighted by Gasteiger charge is 2.22. The summed E-state index contributed by atoms with van der Waals surface area (Å²) >= 11 is 0. The highest BCUT2D eigenvalue weighted by Crippen LogP contribution is 2.16. The summed E-state index contributed by atoms with van der Waals surface area (Å²) in [6, 6.07) is 6.13. The number of aromatic nitrogens is 3. The molecule has 21 heavy (non-hydrogen) atoms. The van der Waals surface area contributed by atoms with Crippen LogP contribution in [0.2, 0.25) is 0 Å². The summed E-state index contributed by atoms with van der Waals surface area (Å²) in [6.45, 7) is 3.92. The van der Waals surface area contributed by atoms with Gasteiger partial charge in [0.25, 0.3) is 0 Å². The average Bonchev–Trinajstić information content (AvgIpc) is 2.86. The molecule has 2 aromatic rings. The third-order valence-electron chi connectivity index (χ3n) is 3.29. The lowest BCUT2D eigenvalue weighted by atomic mass is 9.96. The van der Waals surface area contributed by atoms with E-state index < -0.39 is 11.9 Å². The molecule has 0 saturated carbocycles. The summed E-state index contributed by atoms with van der Waals surface area (Å²) in [5, 5.41) is 13.5. The number of carboxylic acids is 1. The van der Waals surface area contributed by atoms with E-state index in [1.54, 1.807) is 16.8 Å². The molecule has 0 spiro atoms.